The van der Waals surface area contributed by atoms with Gasteiger partial charge in [-0.1, -0.05) is 44.2 Å². The van der Waals surface area contributed by atoms with E-state index < -0.39 is 23.8 Å². The molecule has 24 heavy (non-hydrogen) atoms. The lowest BCUT2D eigenvalue weighted by atomic mass is 10.0. The maximum Gasteiger partial charge on any atom is 0.335 e. The van der Waals surface area contributed by atoms with Crippen LogP contribution in [0.3, 0.4) is 0 Å². The number of hydrogen-bond donors (Lipinski definition) is 0. The third-order valence-electron chi connectivity index (χ3n) is 3.94. The molecule has 1 heterocycles. The second kappa shape index (κ2) is 6.28. The zero-order valence-electron chi connectivity index (χ0n) is 13.4. The molecule has 0 unspecified atom stereocenters. The van der Waals surface area contributed by atoms with E-state index in [1.165, 1.54) is 0 Å². The highest BCUT2D eigenvalue weighted by Crippen LogP contribution is 2.28. The summed E-state index contributed by atoms with van der Waals surface area (Å²) in [4.78, 5) is 38.8. The minimum Gasteiger partial charge on any atom is -0.425 e. The van der Waals surface area contributed by atoms with Crippen LogP contribution in [0.15, 0.2) is 54.6 Å². The molecule has 2 aromatic carbocycles. The van der Waals surface area contributed by atoms with Gasteiger partial charge < -0.3 is 4.74 Å². The first-order chi connectivity index (χ1) is 11.5. The van der Waals surface area contributed by atoms with Crippen molar-refractivity contribution >= 4 is 17.8 Å². The molecule has 0 saturated carbocycles. The van der Waals surface area contributed by atoms with Crippen molar-refractivity contribution in [1.82, 2.24) is 4.90 Å². The summed E-state index contributed by atoms with van der Waals surface area (Å²) in [6, 6.07) is 14.2. The number of carbonyl (C=O) groups excluding carboxylic acids is 3. The summed E-state index contributed by atoms with van der Waals surface area (Å²) in [6.07, 6.45) is 0. The van der Waals surface area contributed by atoms with Gasteiger partial charge in [0.15, 0.2) is 0 Å². The molecule has 0 spiro atoms. The second-order valence-electron chi connectivity index (χ2n) is 5.95. The first kappa shape index (κ1) is 15.9. The predicted octanol–water partition coefficient (Wildman–Crippen LogP) is 2.91. The summed E-state index contributed by atoms with van der Waals surface area (Å²) in [5.74, 6) is -1.43. The molecule has 0 N–H and O–H groups in total. The minimum absolute atomic E-state index is 0.275. The smallest absolute Gasteiger partial charge is 0.335 e. The molecule has 1 atom stereocenters. The summed E-state index contributed by atoms with van der Waals surface area (Å²) < 4.78 is 5.36. The van der Waals surface area contributed by atoms with Gasteiger partial charge in [0, 0.05) is 0 Å². The highest BCUT2D eigenvalue weighted by Gasteiger charge is 2.44. The van der Waals surface area contributed by atoms with Gasteiger partial charge >= 0.3 is 5.97 Å². The quantitative estimate of drug-likeness (QED) is 0.493. The molecule has 3 rings (SSSR count). The average molecular weight is 323 g/mol. The Balaban J connectivity index is 1.91. The van der Waals surface area contributed by atoms with Crippen LogP contribution in [0, 0.1) is 5.92 Å². The van der Waals surface area contributed by atoms with E-state index in [1.54, 1.807) is 68.4 Å². The van der Waals surface area contributed by atoms with Crippen molar-refractivity contribution < 1.29 is 19.1 Å². The van der Waals surface area contributed by atoms with Crippen LogP contribution in [-0.4, -0.2) is 28.7 Å². The summed E-state index contributed by atoms with van der Waals surface area (Å²) in [5, 5.41) is 0. The van der Waals surface area contributed by atoms with Crippen molar-refractivity contribution in [1.29, 1.82) is 0 Å². The number of esters is 1. The SMILES string of the molecule is CC(C)[C@@H](C(=O)Oc1ccccc1)N1C(=O)c2ccccc2C1=O. The van der Waals surface area contributed by atoms with Crippen LogP contribution in [0.5, 0.6) is 5.75 Å². The Morgan fingerprint density at radius 1 is 0.875 bits per heavy atom. The maximum atomic E-state index is 12.6. The van der Waals surface area contributed by atoms with Crippen LogP contribution >= 0.6 is 0 Å². The number of nitrogens with zero attached hydrogens (tertiary/aromatic N) is 1. The van der Waals surface area contributed by atoms with E-state index in [0.717, 1.165) is 4.90 Å². The molecular weight excluding hydrogens is 306 g/mol. The van der Waals surface area contributed by atoms with Crippen molar-refractivity contribution in [3.8, 4) is 5.75 Å². The normalized spacial score (nSPS) is 14.7. The molecule has 0 aromatic heterocycles. The molecule has 0 fully saturated rings. The Morgan fingerprint density at radius 2 is 1.38 bits per heavy atom. The van der Waals surface area contributed by atoms with Crippen LogP contribution < -0.4 is 4.74 Å². The Hall–Kier alpha value is -2.95. The number of benzene rings is 2. The number of carbonyl (C=O) groups is 3. The van der Waals surface area contributed by atoms with E-state index in [9.17, 15) is 14.4 Å². The monoisotopic (exact) mass is 323 g/mol. The molecule has 0 aliphatic carbocycles. The zero-order chi connectivity index (χ0) is 17.3. The highest BCUT2D eigenvalue weighted by atomic mass is 16.5. The van der Waals surface area contributed by atoms with Crippen LogP contribution in [0.1, 0.15) is 34.6 Å². The first-order valence-corrected chi connectivity index (χ1v) is 7.74. The zero-order valence-corrected chi connectivity index (χ0v) is 13.4. The van der Waals surface area contributed by atoms with E-state index in [4.69, 9.17) is 4.74 Å². The third-order valence-corrected chi connectivity index (χ3v) is 3.94. The topological polar surface area (TPSA) is 63.7 Å². The average Bonchev–Trinajstić information content (AvgIpc) is 2.81. The number of amides is 2. The van der Waals surface area contributed by atoms with Gasteiger partial charge in [-0.2, -0.15) is 0 Å². The Kier molecular flexibility index (Phi) is 4.16. The van der Waals surface area contributed by atoms with Gasteiger partial charge in [0.05, 0.1) is 11.1 Å². The molecule has 5 heteroatoms. The number of rotatable bonds is 4. The van der Waals surface area contributed by atoms with E-state index >= 15 is 0 Å². The molecule has 122 valence electrons. The van der Waals surface area contributed by atoms with E-state index in [1.807, 2.05) is 0 Å². The molecule has 0 saturated heterocycles. The van der Waals surface area contributed by atoms with Gasteiger partial charge in [-0.3, -0.25) is 14.5 Å². The fourth-order valence-electron chi connectivity index (χ4n) is 2.80. The van der Waals surface area contributed by atoms with Gasteiger partial charge in [0.25, 0.3) is 11.8 Å². The number of hydrogen-bond acceptors (Lipinski definition) is 4. The van der Waals surface area contributed by atoms with E-state index in [-0.39, 0.29) is 5.92 Å². The number of ether oxygens (including phenoxy) is 1. The van der Waals surface area contributed by atoms with E-state index in [0.29, 0.717) is 16.9 Å². The van der Waals surface area contributed by atoms with Crippen LogP contribution in [0.4, 0.5) is 0 Å². The van der Waals surface area contributed by atoms with Crippen LogP contribution in [0.2, 0.25) is 0 Å². The third kappa shape index (κ3) is 2.69. The van der Waals surface area contributed by atoms with Crippen molar-refractivity contribution in [2.45, 2.75) is 19.9 Å². The molecular formula is C19H17NO4. The van der Waals surface area contributed by atoms with Gasteiger partial charge in [-0.15, -0.1) is 0 Å². The Morgan fingerprint density at radius 3 is 1.88 bits per heavy atom. The molecule has 2 aromatic rings. The van der Waals surface area contributed by atoms with Crippen molar-refractivity contribution in [2.24, 2.45) is 5.92 Å². The molecule has 1 aliphatic heterocycles. The van der Waals surface area contributed by atoms with Crippen molar-refractivity contribution in [2.75, 3.05) is 0 Å². The van der Waals surface area contributed by atoms with Gasteiger partial charge in [-0.25, -0.2) is 4.79 Å². The summed E-state index contributed by atoms with van der Waals surface area (Å²) in [5.41, 5.74) is 0.640. The minimum atomic E-state index is -0.974. The Bertz CT molecular complexity index is 763. The number of imide groups is 1. The van der Waals surface area contributed by atoms with Crippen LogP contribution in [0.25, 0.3) is 0 Å². The second-order valence-corrected chi connectivity index (χ2v) is 5.95. The van der Waals surface area contributed by atoms with E-state index in [2.05, 4.69) is 0 Å². The fraction of sp³-hybridized carbons (Fsp3) is 0.211. The molecule has 0 bridgehead atoms. The Labute approximate surface area is 139 Å². The largest absolute Gasteiger partial charge is 0.425 e. The lowest BCUT2D eigenvalue weighted by molar-refractivity contribution is -0.140. The fourth-order valence-corrected chi connectivity index (χ4v) is 2.80. The van der Waals surface area contributed by atoms with Crippen molar-refractivity contribution in [3.05, 3.63) is 65.7 Å². The lowest BCUT2D eigenvalue weighted by Gasteiger charge is -2.27. The number of fused-ring (bicyclic) bond motifs is 1. The van der Waals surface area contributed by atoms with Gasteiger partial charge in [-0.05, 0) is 30.2 Å². The van der Waals surface area contributed by atoms with Gasteiger partial charge in [0.2, 0.25) is 0 Å². The van der Waals surface area contributed by atoms with Crippen molar-refractivity contribution in [3.63, 3.8) is 0 Å². The highest BCUT2D eigenvalue weighted by molar-refractivity contribution is 6.22. The molecule has 1 aliphatic rings. The van der Waals surface area contributed by atoms with Crippen LogP contribution in [-0.2, 0) is 4.79 Å². The summed E-state index contributed by atoms with van der Waals surface area (Å²) in [6.45, 7) is 3.56. The molecule has 5 nitrogen and oxygen atoms in total. The summed E-state index contributed by atoms with van der Waals surface area (Å²) in [7, 11) is 0. The predicted molar refractivity (Wildman–Crippen MR) is 87.6 cm³/mol. The number of para-hydroxylation sites is 1. The first-order valence-electron chi connectivity index (χ1n) is 7.74. The standard InChI is InChI=1S/C19H17NO4/c1-12(2)16(19(23)24-13-8-4-3-5-9-13)20-17(21)14-10-6-7-11-15(14)18(20)22/h3-12,16H,1-2H3/t16-/m0/s1. The summed E-state index contributed by atoms with van der Waals surface area (Å²) >= 11 is 0. The maximum absolute atomic E-state index is 12.6. The van der Waals surface area contributed by atoms with Gasteiger partial charge in [0.1, 0.15) is 11.8 Å². The molecule has 0 radical (unpaired) electrons. The lowest BCUT2D eigenvalue weighted by Crippen LogP contribution is -2.49. The molecule has 2 amide bonds.